The fourth-order valence-electron chi connectivity index (χ4n) is 1.58. The summed E-state index contributed by atoms with van der Waals surface area (Å²) in [6.45, 7) is 0.608. The molecule has 0 saturated heterocycles. The first-order valence-corrected chi connectivity index (χ1v) is 6.06. The molecule has 2 aromatic rings. The van der Waals surface area contributed by atoms with E-state index >= 15 is 0 Å². The fourth-order valence-corrected chi connectivity index (χ4v) is 2.27. The Hall–Kier alpha value is -1.45. The molecule has 3 heteroatoms. The van der Waals surface area contributed by atoms with Crippen molar-refractivity contribution < 1.29 is 4.79 Å². The van der Waals surface area contributed by atoms with E-state index in [1.807, 2.05) is 41.8 Å². The zero-order chi connectivity index (χ0) is 11.4. The van der Waals surface area contributed by atoms with Crippen LogP contribution in [0.4, 0.5) is 0 Å². The lowest BCUT2D eigenvalue weighted by atomic mass is 10.0. The molecule has 0 bridgehead atoms. The summed E-state index contributed by atoms with van der Waals surface area (Å²) in [6, 6.07) is 11.4. The van der Waals surface area contributed by atoms with Crippen LogP contribution in [0.3, 0.4) is 0 Å². The minimum absolute atomic E-state index is 0.0915. The average Bonchev–Trinajstić information content (AvgIpc) is 2.82. The summed E-state index contributed by atoms with van der Waals surface area (Å²) < 4.78 is 0. The maximum atomic E-state index is 12.0. The van der Waals surface area contributed by atoms with Crippen LogP contribution in [0.1, 0.15) is 20.8 Å². The van der Waals surface area contributed by atoms with Crippen LogP contribution >= 0.6 is 11.3 Å². The van der Waals surface area contributed by atoms with E-state index in [0.717, 1.165) is 22.4 Å². The highest BCUT2D eigenvalue weighted by Crippen LogP contribution is 2.16. The number of thiophene rings is 1. The van der Waals surface area contributed by atoms with Gasteiger partial charge in [-0.3, -0.25) is 4.79 Å². The number of benzene rings is 1. The minimum atomic E-state index is 0.0915. The molecule has 0 amide bonds. The maximum absolute atomic E-state index is 12.0. The van der Waals surface area contributed by atoms with Gasteiger partial charge in [0.1, 0.15) is 0 Å². The molecule has 1 heterocycles. The fraction of sp³-hybridized carbons (Fsp3) is 0.154. The van der Waals surface area contributed by atoms with Crippen molar-refractivity contribution in [1.82, 2.24) is 0 Å². The van der Waals surface area contributed by atoms with Crippen LogP contribution in [0.2, 0.25) is 0 Å². The largest absolute Gasteiger partial charge is 0.330 e. The Morgan fingerprint density at radius 1 is 1.25 bits per heavy atom. The summed E-state index contributed by atoms with van der Waals surface area (Å²) in [5.74, 6) is 0.0915. The van der Waals surface area contributed by atoms with E-state index in [9.17, 15) is 4.79 Å². The standard InChI is InChI=1S/C13H13NOS/c14-7-6-10-3-1-4-11(9-10)13(15)12-5-2-8-16-12/h1-5,8-9H,6-7,14H2. The summed E-state index contributed by atoms with van der Waals surface area (Å²) in [6.07, 6.45) is 0.811. The van der Waals surface area contributed by atoms with Gasteiger partial charge in [-0.1, -0.05) is 24.3 Å². The molecule has 16 heavy (non-hydrogen) atoms. The first-order valence-electron chi connectivity index (χ1n) is 5.18. The number of ketones is 1. The number of carbonyl (C=O) groups excluding carboxylic acids is 1. The zero-order valence-corrected chi connectivity index (χ0v) is 9.67. The van der Waals surface area contributed by atoms with Crippen LogP contribution in [0.5, 0.6) is 0 Å². The molecule has 0 aliphatic heterocycles. The van der Waals surface area contributed by atoms with Gasteiger partial charge in [0.05, 0.1) is 4.88 Å². The molecule has 0 atom stereocenters. The van der Waals surface area contributed by atoms with Crippen molar-refractivity contribution in [2.24, 2.45) is 5.73 Å². The predicted molar refractivity (Wildman–Crippen MR) is 67.0 cm³/mol. The minimum Gasteiger partial charge on any atom is -0.330 e. The van der Waals surface area contributed by atoms with Crippen molar-refractivity contribution in [3.8, 4) is 0 Å². The monoisotopic (exact) mass is 231 g/mol. The molecule has 82 valence electrons. The van der Waals surface area contributed by atoms with Gasteiger partial charge < -0.3 is 5.73 Å². The third-order valence-electron chi connectivity index (χ3n) is 2.37. The first kappa shape index (κ1) is 11.0. The summed E-state index contributed by atoms with van der Waals surface area (Å²) in [5.41, 5.74) is 7.36. The Morgan fingerprint density at radius 3 is 2.81 bits per heavy atom. The van der Waals surface area contributed by atoms with Gasteiger partial charge in [-0.2, -0.15) is 0 Å². The molecule has 1 aromatic heterocycles. The second-order valence-corrected chi connectivity index (χ2v) is 4.49. The third-order valence-corrected chi connectivity index (χ3v) is 3.24. The number of hydrogen-bond acceptors (Lipinski definition) is 3. The van der Waals surface area contributed by atoms with Crippen molar-refractivity contribution >= 4 is 17.1 Å². The van der Waals surface area contributed by atoms with E-state index in [2.05, 4.69) is 0 Å². The highest BCUT2D eigenvalue weighted by Gasteiger charge is 2.09. The molecule has 0 saturated carbocycles. The van der Waals surface area contributed by atoms with Gasteiger partial charge in [-0.25, -0.2) is 0 Å². The summed E-state index contributed by atoms with van der Waals surface area (Å²) in [5, 5.41) is 1.91. The number of nitrogens with two attached hydrogens (primary N) is 1. The zero-order valence-electron chi connectivity index (χ0n) is 8.85. The van der Waals surface area contributed by atoms with Crippen molar-refractivity contribution in [3.63, 3.8) is 0 Å². The maximum Gasteiger partial charge on any atom is 0.202 e. The smallest absolute Gasteiger partial charge is 0.202 e. The Balaban J connectivity index is 2.27. The van der Waals surface area contributed by atoms with Crippen molar-refractivity contribution in [2.75, 3.05) is 6.54 Å². The van der Waals surface area contributed by atoms with Crippen molar-refractivity contribution in [1.29, 1.82) is 0 Å². The highest BCUT2D eigenvalue weighted by atomic mass is 32.1. The van der Waals surface area contributed by atoms with Gasteiger partial charge >= 0.3 is 0 Å². The average molecular weight is 231 g/mol. The van der Waals surface area contributed by atoms with Gasteiger partial charge in [0.2, 0.25) is 5.78 Å². The molecular weight excluding hydrogens is 218 g/mol. The lowest BCUT2D eigenvalue weighted by molar-refractivity contribution is 0.104. The van der Waals surface area contributed by atoms with Gasteiger partial charge in [0, 0.05) is 5.56 Å². The summed E-state index contributed by atoms with van der Waals surface area (Å²) in [4.78, 5) is 12.8. The van der Waals surface area contributed by atoms with Crippen LogP contribution in [-0.4, -0.2) is 12.3 Å². The Labute approximate surface area is 98.7 Å². The highest BCUT2D eigenvalue weighted by molar-refractivity contribution is 7.12. The van der Waals surface area contributed by atoms with E-state index in [4.69, 9.17) is 5.73 Å². The number of hydrogen-bond donors (Lipinski definition) is 1. The van der Waals surface area contributed by atoms with Gasteiger partial charge in [-0.05, 0) is 36.0 Å². The van der Waals surface area contributed by atoms with Crippen LogP contribution < -0.4 is 5.73 Å². The normalized spacial score (nSPS) is 10.3. The van der Waals surface area contributed by atoms with Crippen molar-refractivity contribution in [2.45, 2.75) is 6.42 Å². The number of carbonyl (C=O) groups is 1. The second-order valence-electron chi connectivity index (χ2n) is 3.55. The topological polar surface area (TPSA) is 43.1 Å². The molecule has 0 aliphatic carbocycles. The molecule has 2 rings (SSSR count). The molecule has 0 spiro atoms. The van der Waals surface area contributed by atoms with E-state index in [1.165, 1.54) is 11.3 Å². The molecule has 1 aromatic carbocycles. The van der Waals surface area contributed by atoms with Crippen LogP contribution in [0.25, 0.3) is 0 Å². The van der Waals surface area contributed by atoms with E-state index in [1.54, 1.807) is 0 Å². The van der Waals surface area contributed by atoms with Crippen LogP contribution in [0.15, 0.2) is 41.8 Å². The Kier molecular flexibility index (Phi) is 3.49. The first-order chi connectivity index (χ1) is 7.81. The van der Waals surface area contributed by atoms with Crippen molar-refractivity contribution in [3.05, 3.63) is 57.8 Å². The molecular formula is C13H13NOS. The quantitative estimate of drug-likeness (QED) is 0.821. The Bertz CT molecular complexity index is 476. The molecule has 0 fully saturated rings. The van der Waals surface area contributed by atoms with E-state index in [-0.39, 0.29) is 5.78 Å². The molecule has 2 N–H and O–H groups in total. The molecule has 0 unspecified atom stereocenters. The number of rotatable bonds is 4. The van der Waals surface area contributed by atoms with Gasteiger partial charge in [-0.15, -0.1) is 11.3 Å². The van der Waals surface area contributed by atoms with Crippen LogP contribution in [0, 0.1) is 0 Å². The summed E-state index contributed by atoms with van der Waals surface area (Å²) in [7, 11) is 0. The molecule has 0 aliphatic rings. The lowest BCUT2D eigenvalue weighted by Gasteiger charge is -2.02. The Morgan fingerprint density at radius 2 is 2.12 bits per heavy atom. The predicted octanol–water partition coefficient (Wildman–Crippen LogP) is 2.48. The SMILES string of the molecule is NCCc1cccc(C(=O)c2cccs2)c1. The van der Waals surface area contributed by atoms with Crippen LogP contribution in [-0.2, 0) is 6.42 Å². The van der Waals surface area contributed by atoms with Gasteiger partial charge in [0.25, 0.3) is 0 Å². The van der Waals surface area contributed by atoms with Gasteiger partial charge in [0.15, 0.2) is 0 Å². The molecule has 0 radical (unpaired) electrons. The lowest BCUT2D eigenvalue weighted by Crippen LogP contribution is -2.04. The molecule has 2 nitrogen and oxygen atoms in total. The van der Waals surface area contributed by atoms with E-state index in [0.29, 0.717) is 6.54 Å². The van der Waals surface area contributed by atoms with E-state index < -0.39 is 0 Å². The second kappa shape index (κ2) is 5.05. The third kappa shape index (κ3) is 2.38. The summed E-state index contributed by atoms with van der Waals surface area (Å²) >= 11 is 1.47.